The zero-order valence-corrected chi connectivity index (χ0v) is 28.8. The molecular formula is C36H46FN3O7S. The molecule has 0 spiro atoms. The number of nitrogens with zero attached hydrogens (tertiary/aromatic N) is 2. The Bertz CT molecular complexity index is 1620. The summed E-state index contributed by atoms with van der Waals surface area (Å²) in [6.07, 6.45) is 1.85. The van der Waals surface area contributed by atoms with Crippen LogP contribution in [-0.4, -0.2) is 86.7 Å². The molecule has 3 aromatic carbocycles. The number of aliphatic hydroxyl groups excluding tert-OH is 1. The van der Waals surface area contributed by atoms with Crippen molar-refractivity contribution in [2.45, 2.75) is 69.6 Å². The lowest BCUT2D eigenvalue weighted by Crippen LogP contribution is -2.48. The summed E-state index contributed by atoms with van der Waals surface area (Å²) in [5, 5.41) is 10.2. The van der Waals surface area contributed by atoms with Gasteiger partial charge in [-0.25, -0.2) is 12.8 Å². The highest BCUT2D eigenvalue weighted by atomic mass is 32.2. The van der Waals surface area contributed by atoms with Crippen molar-refractivity contribution in [1.82, 2.24) is 9.80 Å². The largest absolute Gasteiger partial charge is 0.490 e. The lowest BCUT2D eigenvalue weighted by atomic mass is 10.0. The second-order valence-corrected chi connectivity index (χ2v) is 14.2. The number of hydrogen-bond acceptors (Lipinski definition) is 7. The highest BCUT2D eigenvalue weighted by Crippen LogP contribution is 2.29. The third-order valence-electron chi connectivity index (χ3n) is 8.51. The molecule has 3 aromatic rings. The Kier molecular flexibility index (Phi) is 13.0. The first-order valence-corrected chi connectivity index (χ1v) is 17.8. The first-order chi connectivity index (χ1) is 22.9. The molecule has 0 radical (unpaired) electrons. The average Bonchev–Trinajstić information content (AvgIpc) is 3.06. The van der Waals surface area contributed by atoms with E-state index in [-0.39, 0.29) is 59.4 Å². The van der Waals surface area contributed by atoms with Crippen LogP contribution in [0.1, 0.15) is 56.0 Å². The molecule has 48 heavy (non-hydrogen) atoms. The maximum atomic E-state index is 14.3. The number of likely N-dealkylation sites (N-methyl/N-ethyl adjacent to an activating group) is 1. The Morgan fingerprint density at radius 3 is 2.48 bits per heavy atom. The molecule has 12 heteroatoms. The Balaban J connectivity index is 1.63. The van der Waals surface area contributed by atoms with Crippen molar-refractivity contribution in [3.8, 4) is 5.75 Å². The first kappa shape index (κ1) is 36.8. The second-order valence-electron chi connectivity index (χ2n) is 12.5. The van der Waals surface area contributed by atoms with Gasteiger partial charge in [-0.05, 0) is 81.1 Å². The monoisotopic (exact) mass is 683 g/mol. The normalized spacial score (nSPS) is 20.2. The molecule has 0 aromatic heterocycles. The second kappa shape index (κ2) is 16.9. The minimum absolute atomic E-state index is 0.0522. The fourth-order valence-corrected chi connectivity index (χ4v) is 6.60. The van der Waals surface area contributed by atoms with Gasteiger partial charge in [0.1, 0.15) is 11.6 Å². The Morgan fingerprint density at radius 1 is 1.08 bits per heavy atom. The molecule has 260 valence electrons. The fourth-order valence-electron chi connectivity index (χ4n) is 5.55. The Morgan fingerprint density at radius 2 is 1.79 bits per heavy atom. The Labute approximate surface area is 282 Å². The van der Waals surface area contributed by atoms with E-state index in [9.17, 15) is 27.5 Å². The topological polar surface area (TPSA) is 125 Å². The van der Waals surface area contributed by atoms with Gasteiger partial charge in [-0.3, -0.25) is 14.3 Å². The van der Waals surface area contributed by atoms with Gasteiger partial charge in [-0.15, -0.1) is 0 Å². The lowest BCUT2D eigenvalue weighted by molar-refractivity contribution is -0.131. The lowest BCUT2D eigenvalue weighted by Gasteiger charge is -2.36. The van der Waals surface area contributed by atoms with Crippen LogP contribution in [0.25, 0.3) is 0 Å². The predicted octanol–water partition coefficient (Wildman–Crippen LogP) is 5.12. The first-order valence-electron chi connectivity index (χ1n) is 16.3. The van der Waals surface area contributed by atoms with Gasteiger partial charge in [-0.1, -0.05) is 37.3 Å². The number of amides is 2. The number of aliphatic hydroxyl groups is 1. The number of fused-ring (bicyclic) bond motifs is 1. The number of carbonyl (C=O) groups is 2. The van der Waals surface area contributed by atoms with E-state index >= 15 is 0 Å². The van der Waals surface area contributed by atoms with Gasteiger partial charge in [0, 0.05) is 38.3 Å². The summed E-state index contributed by atoms with van der Waals surface area (Å²) in [4.78, 5) is 30.5. The van der Waals surface area contributed by atoms with Crippen molar-refractivity contribution in [3.05, 3.63) is 89.7 Å². The molecular weight excluding hydrogens is 637 g/mol. The smallest absolute Gasteiger partial charge is 0.261 e. The quantitative estimate of drug-likeness (QED) is 0.321. The zero-order chi connectivity index (χ0) is 34.8. The van der Waals surface area contributed by atoms with Crippen molar-refractivity contribution >= 4 is 27.5 Å². The highest BCUT2D eigenvalue weighted by molar-refractivity contribution is 7.92. The number of anilines is 1. The van der Waals surface area contributed by atoms with E-state index in [0.29, 0.717) is 19.6 Å². The van der Waals surface area contributed by atoms with Crippen LogP contribution in [0, 0.1) is 11.7 Å². The van der Waals surface area contributed by atoms with Crippen LogP contribution in [0.15, 0.2) is 77.7 Å². The van der Waals surface area contributed by atoms with Crippen molar-refractivity contribution < 1.29 is 37.0 Å². The van der Waals surface area contributed by atoms with Crippen LogP contribution in [0.2, 0.25) is 0 Å². The number of rotatable bonds is 9. The summed E-state index contributed by atoms with van der Waals surface area (Å²) < 4.78 is 54.7. The number of carbonyl (C=O) groups excluding carboxylic acids is 2. The van der Waals surface area contributed by atoms with Crippen LogP contribution >= 0.6 is 0 Å². The van der Waals surface area contributed by atoms with E-state index in [2.05, 4.69) is 4.72 Å². The summed E-state index contributed by atoms with van der Waals surface area (Å²) in [7, 11) is -2.35. The van der Waals surface area contributed by atoms with Crippen molar-refractivity contribution in [1.29, 1.82) is 0 Å². The molecule has 4 atom stereocenters. The molecule has 0 unspecified atom stereocenters. The molecule has 0 fully saturated rings. The van der Waals surface area contributed by atoms with E-state index in [1.165, 1.54) is 17.0 Å². The van der Waals surface area contributed by atoms with Crippen LogP contribution in [0.5, 0.6) is 5.75 Å². The molecule has 10 nitrogen and oxygen atoms in total. The average molecular weight is 684 g/mol. The third kappa shape index (κ3) is 10.0. The number of halogens is 1. The van der Waals surface area contributed by atoms with Gasteiger partial charge < -0.3 is 24.4 Å². The molecule has 1 heterocycles. The summed E-state index contributed by atoms with van der Waals surface area (Å²) >= 11 is 0. The number of benzene rings is 3. The maximum Gasteiger partial charge on any atom is 0.261 e. The number of ether oxygens (including phenoxy) is 2. The SMILES string of the molecule is C[C@@H]1CN([C@@H](C)CO)C(=O)c2cc(NS(=O)(=O)c3ccc(F)cc3)ccc2O[C@@H](C)CCCCO[C@@H]1CN(C)C(=O)Cc1ccccc1. The zero-order valence-electron chi connectivity index (χ0n) is 28.0. The number of sulfonamides is 1. The minimum Gasteiger partial charge on any atom is -0.490 e. The molecule has 2 amide bonds. The molecule has 0 saturated heterocycles. The summed E-state index contributed by atoms with van der Waals surface area (Å²) in [5.74, 6) is -1.04. The summed E-state index contributed by atoms with van der Waals surface area (Å²) in [5.41, 5.74) is 1.16. The molecule has 0 aliphatic carbocycles. The summed E-state index contributed by atoms with van der Waals surface area (Å²) in [6.45, 7) is 6.23. The number of nitrogens with one attached hydrogen (secondary N) is 1. The van der Waals surface area contributed by atoms with E-state index < -0.39 is 33.9 Å². The molecule has 1 aliphatic rings. The van der Waals surface area contributed by atoms with Crippen LogP contribution in [0.3, 0.4) is 0 Å². The van der Waals surface area contributed by atoms with E-state index in [1.54, 1.807) is 24.9 Å². The van der Waals surface area contributed by atoms with Crippen molar-refractivity contribution in [3.63, 3.8) is 0 Å². The predicted molar refractivity (Wildman–Crippen MR) is 182 cm³/mol. The fraction of sp³-hybridized carbons (Fsp3) is 0.444. The summed E-state index contributed by atoms with van der Waals surface area (Å²) in [6, 6.07) is 17.8. The van der Waals surface area contributed by atoms with Gasteiger partial charge >= 0.3 is 0 Å². The standard InChI is InChI=1S/C36H46FN3O7S/c1-25-22-40(26(2)24-41)36(43)32-21-30(38-48(44,45)31-16-13-29(37)14-17-31)15-18-33(32)47-27(3)10-8-9-19-46-34(25)23-39(4)35(42)20-28-11-6-5-7-12-28/h5-7,11-18,21,25-27,34,38,41H,8-10,19-20,22-24H2,1-4H3/t25-,26+,27+,34-/m1/s1. The van der Waals surface area contributed by atoms with Crippen LogP contribution < -0.4 is 9.46 Å². The number of hydrogen-bond donors (Lipinski definition) is 2. The van der Waals surface area contributed by atoms with Crippen molar-refractivity contribution in [2.75, 3.05) is 38.1 Å². The molecule has 2 N–H and O–H groups in total. The van der Waals surface area contributed by atoms with Crippen LogP contribution in [0.4, 0.5) is 10.1 Å². The molecule has 1 aliphatic heterocycles. The van der Waals surface area contributed by atoms with E-state index in [1.807, 2.05) is 44.2 Å². The van der Waals surface area contributed by atoms with Gasteiger partial charge in [0.2, 0.25) is 5.91 Å². The van der Waals surface area contributed by atoms with Crippen molar-refractivity contribution in [2.24, 2.45) is 5.92 Å². The molecule has 4 rings (SSSR count). The van der Waals surface area contributed by atoms with E-state index in [4.69, 9.17) is 9.47 Å². The molecule has 0 saturated carbocycles. The van der Waals surface area contributed by atoms with E-state index in [0.717, 1.165) is 42.7 Å². The molecule has 0 bridgehead atoms. The van der Waals surface area contributed by atoms with Crippen LogP contribution in [-0.2, 0) is 26.0 Å². The minimum atomic E-state index is -4.09. The van der Waals surface area contributed by atoms with Gasteiger partial charge in [0.25, 0.3) is 15.9 Å². The highest BCUT2D eigenvalue weighted by Gasteiger charge is 2.31. The third-order valence-corrected chi connectivity index (χ3v) is 9.90. The van der Waals surface area contributed by atoms with Gasteiger partial charge in [0.05, 0.1) is 41.7 Å². The van der Waals surface area contributed by atoms with Gasteiger partial charge in [-0.2, -0.15) is 0 Å². The Hall–Kier alpha value is -4.00. The maximum absolute atomic E-state index is 14.3. The van der Waals surface area contributed by atoms with Gasteiger partial charge in [0.15, 0.2) is 0 Å².